The van der Waals surface area contributed by atoms with Crippen LogP contribution in [0.1, 0.15) is 168 Å². The van der Waals surface area contributed by atoms with E-state index in [2.05, 4.69) is 59.3 Å². The Balaban J connectivity index is 0.753. The molecular formula is C75H95N13O14S2. The van der Waals surface area contributed by atoms with Crippen LogP contribution in [0.15, 0.2) is 97.2 Å². The van der Waals surface area contributed by atoms with Gasteiger partial charge >= 0.3 is 18.1 Å². The van der Waals surface area contributed by atoms with E-state index in [4.69, 9.17) is 20.6 Å². The number of hydrogen-bond donors (Lipinski definition) is 8. The number of aromatic nitrogens is 4. The number of aromatic carboxylic acids is 1. The molecule has 6 aromatic rings. The molecule has 3 aromatic heterocycles. The maximum absolute atomic E-state index is 14.0. The number of para-hydroxylation sites is 1. The number of nitrogens with zero attached hydrogens (tertiary/aromatic N) is 7. The second-order valence-corrected chi connectivity index (χ2v) is 32.9. The number of anilines is 3. The lowest BCUT2D eigenvalue weighted by Crippen LogP contribution is -2.54. The van der Waals surface area contributed by atoms with Gasteiger partial charge in [-0.2, -0.15) is 13.5 Å². The minimum absolute atomic E-state index is 0.0190. The number of carbonyl (C=O) groups excluding carboxylic acids is 8. The van der Waals surface area contributed by atoms with Gasteiger partial charge in [-0.3, -0.25) is 48.2 Å². The highest BCUT2D eigenvalue weighted by Crippen LogP contribution is 2.67. The van der Waals surface area contributed by atoms with Crippen molar-refractivity contribution in [3.8, 4) is 11.1 Å². The van der Waals surface area contributed by atoms with Crippen molar-refractivity contribution in [2.24, 2.45) is 33.3 Å². The number of pyridine rings is 1. The molecule has 556 valence electrons. The number of urea groups is 1. The average Bonchev–Trinajstić information content (AvgIpc) is 0.762. The molecule has 0 radical (unpaired) electrons. The van der Waals surface area contributed by atoms with Crippen molar-refractivity contribution in [2.75, 3.05) is 54.0 Å². The number of carboxylic acid groups (broad SMARTS) is 1. The van der Waals surface area contributed by atoms with Gasteiger partial charge in [-0.25, -0.2) is 24.4 Å². The number of primary amides is 1. The third-order valence-electron chi connectivity index (χ3n) is 20.2. The van der Waals surface area contributed by atoms with Gasteiger partial charge in [0.2, 0.25) is 17.7 Å². The lowest BCUT2D eigenvalue weighted by atomic mass is 9.43. The Kier molecular flexibility index (Phi) is 24.1. The molecule has 0 spiro atoms. The Bertz CT molecular complexity index is 4330. The van der Waals surface area contributed by atoms with E-state index in [1.165, 1.54) is 28.4 Å². The fourth-order valence-corrected chi connectivity index (χ4v) is 18.0. The number of ether oxygens (including phenoxy) is 1. The van der Waals surface area contributed by atoms with Gasteiger partial charge in [0.1, 0.15) is 24.5 Å². The Morgan fingerprint density at radius 1 is 0.798 bits per heavy atom. The normalized spacial score (nSPS) is 19.6. The summed E-state index contributed by atoms with van der Waals surface area (Å²) in [6.07, 6.45) is 11.6. The summed E-state index contributed by atoms with van der Waals surface area (Å²) in [6.45, 7) is 16.1. The largest absolute Gasteiger partial charge is 0.476 e. The van der Waals surface area contributed by atoms with Crippen LogP contribution in [0.3, 0.4) is 0 Å². The molecule has 9 N–H and O–H groups in total. The van der Waals surface area contributed by atoms with Crippen LogP contribution in [0, 0.1) is 34.5 Å². The van der Waals surface area contributed by atoms with Gasteiger partial charge in [-0.1, -0.05) is 95.7 Å². The monoisotopic (exact) mass is 1470 g/mol. The van der Waals surface area contributed by atoms with E-state index in [-0.39, 0.29) is 103 Å². The van der Waals surface area contributed by atoms with E-state index >= 15 is 0 Å². The molecular weight excluding hydrogens is 1370 g/mol. The minimum Gasteiger partial charge on any atom is -0.476 e. The van der Waals surface area contributed by atoms with Gasteiger partial charge in [0.05, 0.1) is 22.2 Å². The fourth-order valence-electron chi connectivity index (χ4n) is 16.7. The lowest BCUT2D eigenvalue weighted by Gasteiger charge is -2.62. The summed E-state index contributed by atoms with van der Waals surface area (Å²) < 4.78 is 43.0. The number of imide groups is 1. The van der Waals surface area contributed by atoms with E-state index in [0.717, 1.165) is 64.0 Å². The lowest BCUT2D eigenvalue weighted by molar-refractivity contribution is -0.137. The second-order valence-electron chi connectivity index (χ2n) is 30.3. The minimum atomic E-state index is -4.48. The number of unbranched alkanes of at least 4 members (excludes halogenated alkanes) is 2. The number of benzene rings is 3. The van der Waals surface area contributed by atoms with E-state index in [9.17, 15) is 61.2 Å². The Morgan fingerprint density at radius 2 is 1.55 bits per heavy atom. The highest BCUT2D eigenvalue weighted by Gasteiger charge is 2.57. The zero-order valence-electron chi connectivity index (χ0n) is 60.1. The van der Waals surface area contributed by atoms with E-state index in [1.54, 1.807) is 56.4 Å². The zero-order chi connectivity index (χ0) is 74.9. The van der Waals surface area contributed by atoms with Gasteiger partial charge < -0.3 is 46.6 Å². The summed E-state index contributed by atoms with van der Waals surface area (Å²) >= 11 is 1.40. The standard InChI is InChI=1S/C75H95N13O14S2/c1-47(2)63(83-60(89)21-9-8-12-34-87-61(90)28-29-62(87)91)67(94)80-57(19-14-32-77-69(76)97)66(93)79-51-24-22-49(23-25-51)40-102-71(98)85(36-37-104(99,100)101)33-15-31-75-42-72(4,5)41-73(6,44-75)43-74(7,45-75)46-88-48(3)54(38-78-88)52-26-27-59(82-64(52)68(95)96)86-35-30-50-16-13-17-53(55(50)39-86)65(92)84-70-81-56-18-10-11-20-58(56)103-70/h10-11,13,16-18,20,22-29,38,47,57,63H,8-9,12,14-15,19,21,30-37,39-46H2,1-7H3,(H,79,93)(H,80,94)(H,83,89)(H,95,96)(H3,76,77,97)(H,81,84,92)(H,99,100,101)/t57-,63?,73?,74?,75?/m0/s1. The number of hydrogen-bond acceptors (Lipinski definition) is 17. The summed E-state index contributed by atoms with van der Waals surface area (Å²) in [6, 6.07) is 20.5. The first kappa shape index (κ1) is 77.0. The highest BCUT2D eigenvalue weighted by molar-refractivity contribution is 7.85. The van der Waals surface area contributed by atoms with Crippen molar-refractivity contribution >= 4 is 102 Å². The SMILES string of the molecule is Cc1c(-c2ccc(N3CCc4cccc(C(=O)Nc5nc6ccccc6s5)c4C3)nc2C(=O)O)cnn1CC1(C)CC2(C)CC(C)(C)CC(CCCN(CCS(=O)(=O)O)C(=O)OCc3ccc(NC(=O)[C@H](CCCNC(N)=O)NC(=O)C(NC(=O)CCCCCN4C(=O)C=CC4=O)C(C)C)cc3)(C1)C2. The molecule has 2 aliphatic heterocycles. The molecule has 29 heteroatoms. The molecule has 10 rings (SSSR count). The second kappa shape index (κ2) is 32.6. The van der Waals surface area contributed by atoms with Gasteiger partial charge in [0.15, 0.2) is 10.8 Å². The summed E-state index contributed by atoms with van der Waals surface area (Å²) in [5.41, 5.74) is 10.5. The summed E-state index contributed by atoms with van der Waals surface area (Å²) in [5.74, 6) is -4.43. The highest BCUT2D eigenvalue weighted by atomic mass is 32.2. The number of nitrogens with two attached hydrogens (primary N) is 1. The molecule has 9 amide bonds. The van der Waals surface area contributed by atoms with Crippen LogP contribution in [-0.2, 0) is 64.9 Å². The smallest absolute Gasteiger partial charge is 0.410 e. The van der Waals surface area contributed by atoms with Crippen LogP contribution < -0.4 is 37.2 Å². The van der Waals surface area contributed by atoms with Crippen LogP contribution in [-0.4, -0.2) is 152 Å². The van der Waals surface area contributed by atoms with E-state index in [0.29, 0.717) is 97.0 Å². The third kappa shape index (κ3) is 19.8. The van der Waals surface area contributed by atoms with Crippen molar-refractivity contribution in [3.63, 3.8) is 0 Å². The van der Waals surface area contributed by atoms with Crippen LogP contribution in [0.25, 0.3) is 21.3 Å². The predicted octanol–water partition coefficient (Wildman–Crippen LogP) is 10.2. The number of carbonyl (C=O) groups is 9. The molecule has 104 heavy (non-hydrogen) atoms. The molecule has 27 nitrogen and oxygen atoms in total. The van der Waals surface area contributed by atoms with Crippen LogP contribution in [0.2, 0.25) is 0 Å². The number of amides is 9. The van der Waals surface area contributed by atoms with E-state index in [1.807, 2.05) is 59.0 Å². The molecule has 2 aliphatic carbocycles. The van der Waals surface area contributed by atoms with Gasteiger partial charge in [-0.15, -0.1) is 0 Å². The summed E-state index contributed by atoms with van der Waals surface area (Å²) in [7, 11) is -4.48. The molecule has 2 saturated carbocycles. The van der Waals surface area contributed by atoms with Crippen LogP contribution >= 0.6 is 11.3 Å². The van der Waals surface area contributed by atoms with Crippen LogP contribution in [0.5, 0.6) is 0 Å². The molecule has 2 bridgehead atoms. The molecule has 2 fully saturated rings. The number of nitrogens with one attached hydrogen (secondary N) is 5. The van der Waals surface area contributed by atoms with Gasteiger partial charge in [0, 0.05) is 92.5 Å². The van der Waals surface area contributed by atoms with Gasteiger partial charge in [-0.05, 0) is 171 Å². The number of fused-ring (bicyclic) bond motifs is 4. The fraction of sp³-hybridized carbons (Fsp3) is 0.493. The molecule has 3 aromatic carbocycles. The first-order chi connectivity index (χ1) is 49.3. The maximum atomic E-state index is 14.0. The van der Waals surface area contributed by atoms with Crippen LogP contribution in [0.4, 0.5) is 26.2 Å². The Labute approximate surface area is 609 Å². The predicted molar refractivity (Wildman–Crippen MR) is 394 cm³/mol. The quantitative estimate of drug-likeness (QED) is 0.0110. The molecule has 0 saturated heterocycles. The van der Waals surface area contributed by atoms with Crippen molar-refractivity contribution in [1.82, 2.24) is 45.5 Å². The molecule has 5 heterocycles. The Morgan fingerprint density at radius 3 is 2.26 bits per heavy atom. The maximum Gasteiger partial charge on any atom is 0.410 e. The zero-order valence-corrected chi connectivity index (χ0v) is 61.7. The van der Waals surface area contributed by atoms with E-state index < -0.39 is 63.8 Å². The summed E-state index contributed by atoms with van der Waals surface area (Å²) in [5, 5.41) is 30.0. The first-order valence-electron chi connectivity index (χ1n) is 35.5. The van der Waals surface area contributed by atoms with Crippen molar-refractivity contribution in [3.05, 3.63) is 131 Å². The van der Waals surface area contributed by atoms with Crippen molar-refractivity contribution < 1.29 is 66.0 Å². The van der Waals surface area contributed by atoms with Gasteiger partial charge in [0.25, 0.3) is 27.8 Å². The summed E-state index contributed by atoms with van der Waals surface area (Å²) in [4.78, 5) is 131. The average molecular weight is 1470 g/mol. The van der Waals surface area contributed by atoms with Crippen molar-refractivity contribution in [2.45, 2.75) is 170 Å². The topological polar surface area (TPSA) is 377 Å². The third-order valence-corrected chi connectivity index (χ3v) is 21.9. The number of thiazole rings is 1. The van der Waals surface area contributed by atoms with Crippen molar-refractivity contribution in [1.29, 1.82) is 0 Å². The molecule has 4 aliphatic rings. The Hall–Kier alpha value is -9.61. The first-order valence-corrected chi connectivity index (χ1v) is 37.9. The number of carboxylic acids is 1. The number of rotatable bonds is 32. The molecule has 5 atom stereocenters. The molecule has 4 unspecified atom stereocenters.